The van der Waals surface area contributed by atoms with Crippen molar-refractivity contribution in [2.75, 3.05) is 13.1 Å². The predicted octanol–water partition coefficient (Wildman–Crippen LogP) is 1.68. The van der Waals surface area contributed by atoms with Crippen LogP contribution in [0.4, 0.5) is 0 Å². The van der Waals surface area contributed by atoms with Gasteiger partial charge in [-0.3, -0.25) is 4.79 Å². The number of nitrogens with one attached hydrogen (secondary N) is 2. The van der Waals surface area contributed by atoms with Gasteiger partial charge in [0.25, 0.3) is 0 Å². The number of hydrogen-bond donors (Lipinski definition) is 2. The standard InChI is InChI=1S/C13H24N2O/c1-10(2)13(6-7-13)9-15-11-5-3-4-8-14-12(11)16/h10-11,15H,3-9H2,1-2H3,(H,14,16). The van der Waals surface area contributed by atoms with E-state index < -0.39 is 0 Å². The summed E-state index contributed by atoms with van der Waals surface area (Å²) in [6.45, 7) is 6.46. The highest BCUT2D eigenvalue weighted by Crippen LogP contribution is 2.51. The molecule has 1 unspecified atom stereocenters. The number of carbonyl (C=O) groups is 1. The van der Waals surface area contributed by atoms with Gasteiger partial charge in [0.2, 0.25) is 5.91 Å². The molecule has 0 spiro atoms. The molecule has 2 rings (SSSR count). The van der Waals surface area contributed by atoms with Crippen LogP contribution in [-0.4, -0.2) is 25.0 Å². The Balaban J connectivity index is 1.82. The first kappa shape index (κ1) is 11.9. The van der Waals surface area contributed by atoms with Crippen LogP contribution in [0, 0.1) is 11.3 Å². The van der Waals surface area contributed by atoms with Gasteiger partial charge in [0.15, 0.2) is 0 Å². The Labute approximate surface area is 98.4 Å². The van der Waals surface area contributed by atoms with Crippen LogP contribution in [0.3, 0.4) is 0 Å². The predicted molar refractivity (Wildman–Crippen MR) is 65.2 cm³/mol. The van der Waals surface area contributed by atoms with Crippen molar-refractivity contribution in [3.05, 3.63) is 0 Å². The topological polar surface area (TPSA) is 41.1 Å². The third-order valence-corrected chi connectivity index (χ3v) is 4.35. The van der Waals surface area contributed by atoms with Crippen molar-refractivity contribution >= 4 is 5.91 Å². The third-order valence-electron chi connectivity index (χ3n) is 4.35. The third kappa shape index (κ3) is 2.57. The average molecular weight is 224 g/mol. The highest BCUT2D eigenvalue weighted by Gasteiger charge is 2.45. The van der Waals surface area contributed by atoms with Gasteiger partial charge in [-0.1, -0.05) is 13.8 Å². The van der Waals surface area contributed by atoms with E-state index in [0.29, 0.717) is 5.41 Å². The van der Waals surface area contributed by atoms with Crippen LogP contribution in [-0.2, 0) is 4.79 Å². The fourth-order valence-corrected chi connectivity index (χ4v) is 2.58. The maximum atomic E-state index is 11.7. The molecule has 1 aliphatic carbocycles. The smallest absolute Gasteiger partial charge is 0.237 e. The summed E-state index contributed by atoms with van der Waals surface area (Å²) in [7, 11) is 0. The molecule has 0 bridgehead atoms. The fourth-order valence-electron chi connectivity index (χ4n) is 2.58. The van der Waals surface area contributed by atoms with Crippen LogP contribution >= 0.6 is 0 Å². The van der Waals surface area contributed by atoms with Crippen molar-refractivity contribution in [1.29, 1.82) is 0 Å². The largest absolute Gasteiger partial charge is 0.355 e. The minimum atomic E-state index is 0.0544. The van der Waals surface area contributed by atoms with Crippen LogP contribution < -0.4 is 10.6 Å². The Hall–Kier alpha value is -0.570. The van der Waals surface area contributed by atoms with Crippen molar-refractivity contribution in [3.8, 4) is 0 Å². The normalized spacial score (nSPS) is 28.7. The van der Waals surface area contributed by atoms with Crippen molar-refractivity contribution in [2.24, 2.45) is 11.3 Å². The molecule has 2 aliphatic rings. The van der Waals surface area contributed by atoms with E-state index >= 15 is 0 Å². The lowest BCUT2D eigenvalue weighted by molar-refractivity contribution is -0.122. The Morgan fingerprint density at radius 3 is 2.81 bits per heavy atom. The van der Waals surface area contributed by atoms with Crippen molar-refractivity contribution in [1.82, 2.24) is 10.6 Å². The molecule has 1 saturated heterocycles. The summed E-state index contributed by atoms with van der Waals surface area (Å²) in [6, 6.07) is 0.0544. The van der Waals surface area contributed by atoms with Gasteiger partial charge >= 0.3 is 0 Å². The number of amides is 1. The van der Waals surface area contributed by atoms with Gasteiger partial charge in [-0.05, 0) is 43.4 Å². The average Bonchev–Trinajstić information content (AvgIpc) is 3.02. The van der Waals surface area contributed by atoms with E-state index in [1.807, 2.05) is 0 Å². The molecule has 1 amide bonds. The van der Waals surface area contributed by atoms with Crippen LogP contribution in [0.15, 0.2) is 0 Å². The summed E-state index contributed by atoms with van der Waals surface area (Å²) in [6.07, 6.45) is 5.93. The summed E-state index contributed by atoms with van der Waals surface area (Å²) in [4.78, 5) is 11.7. The van der Waals surface area contributed by atoms with E-state index in [2.05, 4.69) is 24.5 Å². The molecule has 0 radical (unpaired) electrons. The van der Waals surface area contributed by atoms with E-state index in [4.69, 9.17) is 0 Å². The monoisotopic (exact) mass is 224 g/mol. The second-order valence-corrected chi connectivity index (χ2v) is 5.74. The molecule has 0 aromatic rings. The first-order valence-electron chi connectivity index (χ1n) is 6.65. The van der Waals surface area contributed by atoms with Gasteiger partial charge < -0.3 is 10.6 Å². The quantitative estimate of drug-likeness (QED) is 0.763. The maximum Gasteiger partial charge on any atom is 0.237 e. The maximum absolute atomic E-state index is 11.7. The number of carbonyl (C=O) groups excluding carboxylic acids is 1. The lowest BCUT2D eigenvalue weighted by Crippen LogP contribution is -2.45. The summed E-state index contributed by atoms with van der Waals surface area (Å²) in [5.41, 5.74) is 0.493. The molecule has 92 valence electrons. The summed E-state index contributed by atoms with van der Waals surface area (Å²) in [5.74, 6) is 0.936. The van der Waals surface area contributed by atoms with Crippen molar-refractivity contribution in [3.63, 3.8) is 0 Å². The van der Waals surface area contributed by atoms with Gasteiger partial charge in [-0.2, -0.15) is 0 Å². The van der Waals surface area contributed by atoms with Gasteiger partial charge in [0.05, 0.1) is 6.04 Å². The lowest BCUT2D eigenvalue weighted by atomic mass is 9.92. The van der Waals surface area contributed by atoms with E-state index in [0.717, 1.165) is 38.3 Å². The molecule has 3 nitrogen and oxygen atoms in total. The minimum absolute atomic E-state index is 0.0544. The van der Waals surface area contributed by atoms with Crippen molar-refractivity contribution in [2.45, 2.75) is 52.0 Å². The van der Waals surface area contributed by atoms with Gasteiger partial charge in [0.1, 0.15) is 0 Å². The summed E-state index contributed by atoms with van der Waals surface area (Å²) < 4.78 is 0. The highest BCUT2D eigenvalue weighted by atomic mass is 16.2. The highest BCUT2D eigenvalue weighted by molar-refractivity contribution is 5.81. The van der Waals surface area contributed by atoms with E-state index in [9.17, 15) is 4.79 Å². The molecule has 0 aromatic heterocycles. The van der Waals surface area contributed by atoms with Crippen molar-refractivity contribution < 1.29 is 4.79 Å². The zero-order valence-electron chi connectivity index (χ0n) is 10.5. The van der Waals surface area contributed by atoms with Crippen LogP contribution in [0.5, 0.6) is 0 Å². The van der Waals surface area contributed by atoms with Crippen LogP contribution in [0.1, 0.15) is 46.0 Å². The molecule has 2 fully saturated rings. The molecule has 1 saturated carbocycles. The lowest BCUT2D eigenvalue weighted by Gasteiger charge is -2.23. The van der Waals surface area contributed by atoms with Gasteiger partial charge in [0, 0.05) is 13.1 Å². The molecule has 16 heavy (non-hydrogen) atoms. The van der Waals surface area contributed by atoms with E-state index in [-0.39, 0.29) is 11.9 Å². The molecule has 1 atom stereocenters. The minimum Gasteiger partial charge on any atom is -0.355 e. The summed E-state index contributed by atoms with van der Waals surface area (Å²) in [5, 5.41) is 6.46. The molecule has 1 heterocycles. The molecular weight excluding hydrogens is 200 g/mol. The van der Waals surface area contributed by atoms with E-state index in [1.165, 1.54) is 12.8 Å². The first-order valence-corrected chi connectivity index (χ1v) is 6.65. The van der Waals surface area contributed by atoms with E-state index in [1.54, 1.807) is 0 Å². The SMILES string of the molecule is CC(C)C1(CNC2CCCCNC2=O)CC1. The molecule has 0 aromatic carbocycles. The van der Waals surface area contributed by atoms with Gasteiger partial charge in [-0.25, -0.2) is 0 Å². The van der Waals surface area contributed by atoms with Crippen LogP contribution in [0.25, 0.3) is 0 Å². The molecule has 1 aliphatic heterocycles. The zero-order valence-corrected chi connectivity index (χ0v) is 10.5. The summed E-state index contributed by atoms with van der Waals surface area (Å²) >= 11 is 0. The van der Waals surface area contributed by atoms with Gasteiger partial charge in [-0.15, -0.1) is 0 Å². The second kappa shape index (κ2) is 4.74. The zero-order chi connectivity index (χ0) is 11.6. The number of rotatable bonds is 4. The Bertz CT molecular complexity index is 259. The molecular formula is C13H24N2O. The first-order chi connectivity index (χ1) is 7.64. The Morgan fingerprint density at radius 1 is 1.44 bits per heavy atom. The molecule has 3 heteroatoms. The Morgan fingerprint density at radius 2 is 2.19 bits per heavy atom. The fraction of sp³-hybridized carbons (Fsp3) is 0.923. The second-order valence-electron chi connectivity index (χ2n) is 5.74. The molecule has 2 N–H and O–H groups in total. The number of hydrogen-bond acceptors (Lipinski definition) is 2. The Kier molecular flexibility index (Phi) is 3.53. The van der Waals surface area contributed by atoms with Crippen LogP contribution in [0.2, 0.25) is 0 Å².